The molecule has 8 N–H and O–H groups in total. The van der Waals surface area contributed by atoms with Gasteiger partial charge in [-0.1, -0.05) is 150 Å². The van der Waals surface area contributed by atoms with Crippen molar-refractivity contribution in [1.29, 1.82) is 0 Å². The molecule has 70 heavy (non-hydrogen) atoms. The Morgan fingerprint density at radius 1 is 0.543 bits per heavy atom. The largest absolute Gasteiger partial charge is 0.472 e. The van der Waals surface area contributed by atoms with E-state index in [4.69, 9.17) is 18.5 Å². The number of carbonyl (C=O) groups is 2. The summed E-state index contributed by atoms with van der Waals surface area (Å²) < 4.78 is 49.3. The molecule has 1 aliphatic carbocycles. The molecule has 1 saturated carbocycles. The Balaban J connectivity index is 2.66. The number of ether oxygens (including phenoxy) is 2. The standard InChI is InChI=1S/C51H84O17P2/c1-3-5-7-9-11-13-15-17-18-19-20-21-22-24-26-28-30-32-34-38-45(54)66-43(41-65-70(62,63)68-51-48(57)46(55)47(56)50(49(51)58)67-69(59,60)61)40-64-44(53)39-35-37-42(52)36-33-31-29-27-25-23-16-14-12-10-8-6-4-2/h5,7,11-14,17-18,20-21,23,25,29,31,33,36,42-43,46-52,55-58H,3-4,6,8-10,15-16,19,22,24,26-28,30,32,34-35,37-41H2,1-2H3,(H,62,63)(H2,59,60,61)/b7-5-,13-11-,14-12-,18-17-,21-20-,25-23-,31-29-,36-33+/t42-,43-,46?,47?,48?,49?,50-,51+/m1/s1. The maximum absolute atomic E-state index is 13.0. The molecule has 1 fully saturated rings. The van der Waals surface area contributed by atoms with Crippen LogP contribution in [0.5, 0.6) is 0 Å². The van der Waals surface area contributed by atoms with Gasteiger partial charge in [0, 0.05) is 12.8 Å². The molecule has 0 heterocycles. The van der Waals surface area contributed by atoms with Gasteiger partial charge in [-0.15, -0.1) is 0 Å². The fourth-order valence-corrected chi connectivity index (χ4v) is 8.42. The zero-order chi connectivity index (χ0) is 51.9. The molecule has 19 heteroatoms. The third-order valence-electron chi connectivity index (χ3n) is 10.7. The van der Waals surface area contributed by atoms with E-state index in [0.29, 0.717) is 6.42 Å². The summed E-state index contributed by atoms with van der Waals surface area (Å²) >= 11 is 0. The summed E-state index contributed by atoms with van der Waals surface area (Å²) in [6.07, 6.45) is 33.7. The quantitative estimate of drug-likeness (QED) is 0.00935. The van der Waals surface area contributed by atoms with Gasteiger partial charge in [-0.05, 0) is 83.5 Å². The smallest absolute Gasteiger partial charge is 0.462 e. The van der Waals surface area contributed by atoms with Gasteiger partial charge in [-0.2, -0.15) is 0 Å². The molecule has 0 radical (unpaired) electrons. The Morgan fingerprint density at radius 2 is 1.04 bits per heavy atom. The number of unbranched alkanes of at least 4 members (excludes halogenated alkanes) is 9. The third kappa shape index (κ3) is 34.3. The van der Waals surface area contributed by atoms with Crippen LogP contribution < -0.4 is 0 Å². The van der Waals surface area contributed by atoms with E-state index in [1.165, 1.54) is 19.3 Å². The van der Waals surface area contributed by atoms with E-state index in [-0.39, 0.29) is 25.7 Å². The molecule has 0 aromatic carbocycles. The van der Waals surface area contributed by atoms with Gasteiger partial charge >= 0.3 is 27.6 Å². The Hall–Kier alpha value is -3.12. The Kier molecular flexibility index (Phi) is 37.4. The van der Waals surface area contributed by atoms with Gasteiger partial charge in [0.15, 0.2) is 6.10 Å². The van der Waals surface area contributed by atoms with E-state index in [9.17, 15) is 58.9 Å². The lowest BCUT2D eigenvalue weighted by molar-refractivity contribution is -0.216. The minimum absolute atomic E-state index is 0.0184. The molecule has 400 valence electrons. The van der Waals surface area contributed by atoms with Crippen molar-refractivity contribution in [2.24, 2.45) is 0 Å². The van der Waals surface area contributed by atoms with E-state index in [1.807, 2.05) is 12.2 Å². The molecule has 17 nitrogen and oxygen atoms in total. The van der Waals surface area contributed by atoms with Gasteiger partial charge in [0.05, 0.1) is 12.7 Å². The van der Waals surface area contributed by atoms with Crippen LogP contribution >= 0.6 is 15.6 Å². The fraction of sp³-hybridized carbons (Fsp3) is 0.647. The number of phosphoric ester groups is 2. The maximum Gasteiger partial charge on any atom is 0.472 e. The van der Waals surface area contributed by atoms with Gasteiger partial charge in [0.25, 0.3) is 0 Å². The molecule has 0 amide bonds. The topological polar surface area (TPSA) is 276 Å². The number of allylic oxidation sites excluding steroid dienone is 15. The lowest BCUT2D eigenvalue weighted by Gasteiger charge is -2.43. The van der Waals surface area contributed by atoms with Gasteiger partial charge < -0.3 is 49.7 Å². The van der Waals surface area contributed by atoms with Crippen LogP contribution in [0.1, 0.15) is 149 Å². The highest BCUT2D eigenvalue weighted by Gasteiger charge is 2.54. The molecular formula is C51H84O17P2. The Bertz CT molecular complexity index is 1730. The first-order chi connectivity index (χ1) is 33.5. The van der Waals surface area contributed by atoms with E-state index in [0.717, 1.165) is 83.5 Å². The van der Waals surface area contributed by atoms with Crippen molar-refractivity contribution in [3.63, 3.8) is 0 Å². The van der Waals surface area contributed by atoms with Crippen molar-refractivity contribution < 1.29 is 82.0 Å². The highest BCUT2D eigenvalue weighted by molar-refractivity contribution is 7.47. The number of hydrogen-bond acceptors (Lipinski definition) is 14. The van der Waals surface area contributed by atoms with Crippen LogP contribution in [-0.4, -0.2) is 114 Å². The molecule has 0 bridgehead atoms. The maximum atomic E-state index is 13.0. The predicted octanol–water partition coefficient (Wildman–Crippen LogP) is 8.92. The zero-order valence-corrected chi connectivity index (χ0v) is 43.1. The van der Waals surface area contributed by atoms with Gasteiger partial charge in [0.2, 0.25) is 0 Å². The fourth-order valence-electron chi connectivity index (χ4n) is 6.88. The lowest BCUT2D eigenvalue weighted by atomic mass is 9.85. The molecule has 0 aromatic rings. The number of hydrogen-bond donors (Lipinski definition) is 8. The number of rotatable bonds is 40. The number of phosphoric acid groups is 2. The van der Waals surface area contributed by atoms with Crippen molar-refractivity contribution >= 4 is 27.6 Å². The molecule has 0 spiro atoms. The first kappa shape index (κ1) is 64.9. The summed E-state index contributed by atoms with van der Waals surface area (Å²) in [4.78, 5) is 54.4. The number of aliphatic hydroxyl groups is 5. The first-order valence-electron chi connectivity index (χ1n) is 24.9. The summed E-state index contributed by atoms with van der Waals surface area (Å²) in [6.45, 7) is 2.79. The third-order valence-corrected chi connectivity index (χ3v) is 12.2. The van der Waals surface area contributed by atoms with Crippen LogP contribution in [0.4, 0.5) is 0 Å². The van der Waals surface area contributed by atoms with Crippen LogP contribution in [0.2, 0.25) is 0 Å². The van der Waals surface area contributed by atoms with Crippen molar-refractivity contribution in [3.8, 4) is 0 Å². The van der Waals surface area contributed by atoms with Crippen molar-refractivity contribution in [1.82, 2.24) is 0 Å². The first-order valence-corrected chi connectivity index (χ1v) is 27.9. The molecule has 0 aliphatic heterocycles. The predicted molar refractivity (Wildman–Crippen MR) is 270 cm³/mol. The Morgan fingerprint density at radius 3 is 1.61 bits per heavy atom. The average molecular weight is 1030 g/mol. The SMILES string of the molecule is CC/C=C\C/C=C\C/C=C\C/C=C\CCCCCCCCC(=O)O[C@H](COC(=O)CCC[C@H](O)/C=C/C=C\C/C=C\C/C=C\CCCCC)COP(=O)(O)O[C@H]1C(O)C(O)C(O)[C@@H](OP(=O)(O)O)C1O. The minimum atomic E-state index is -5.39. The van der Waals surface area contributed by atoms with E-state index in [2.05, 4.69) is 91.3 Å². The van der Waals surface area contributed by atoms with E-state index in [1.54, 1.807) is 12.2 Å². The summed E-state index contributed by atoms with van der Waals surface area (Å²) in [6, 6.07) is 0. The molecule has 0 saturated heterocycles. The van der Waals surface area contributed by atoms with Gasteiger partial charge in [-0.3, -0.25) is 23.2 Å². The van der Waals surface area contributed by atoms with Crippen molar-refractivity contribution in [2.75, 3.05) is 13.2 Å². The van der Waals surface area contributed by atoms with Gasteiger partial charge in [-0.25, -0.2) is 9.13 Å². The summed E-state index contributed by atoms with van der Waals surface area (Å²) in [7, 11) is -10.8. The highest BCUT2D eigenvalue weighted by Crippen LogP contribution is 2.49. The molecule has 9 atom stereocenters. The average Bonchev–Trinajstić information content (AvgIpc) is 3.31. The normalized spacial score (nSPS) is 22.3. The second kappa shape index (κ2) is 40.4. The summed E-state index contributed by atoms with van der Waals surface area (Å²) in [5.74, 6) is -1.43. The van der Waals surface area contributed by atoms with Crippen molar-refractivity contribution in [3.05, 3.63) is 97.2 Å². The zero-order valence-electron chi connectivity index (χ0n) is 41.3. The Labute approximate surface area is 416 Å². The van der Waals surface area contributed by atoms with E-state index < -0.39 is 89.6 Å². The molecule has 5 unspecified atom stereocenters. The molecular weight excluding hydrogens is 946 g/mol. The van der Waals surface area contributed by atoms with Gasteiger partial charge in [0.1, 0.15) is 43.2 Å². The summed E-state index contributed by atoms with van der Waals surface area (Å²) in [5.41, 5.74) is 0. The monoisotopic (exact) mass is 1030 g/mol. The molecule has 0 aromatic heterocycles. The minimum Gasteiger partial charge on any atom is -0.462 e. The van der Waals surface area contributed by atoms with Crippen LogP contribution in [0, 0.1) is 0 Å². The second-order valence-corrected chi connectivity index (χ2v) is 19.6. The van der Waals surface area contributed by atoms with Crippen LogP contribution in [-0.2, 0) is 41.8 Å². The molecule has 1 aliphatic rings. The summed E-state index contributed by atoms with van der Waals surface area (Å²) in [5, 5.41) is 51.6. The number of carbonyl (C=O) groups excluding carboxylic acids is 2. The number of esters is 2. The van der Waals surface area contributed by atoms with E-state index >= 15 is 0 Å². The van der Waals surface area contributed by atoms with Crippen LogP contribution in [0.25, 0.3) is 0 Å². The van der Waals surface area contributed by atoms with Crippen LogP contribution in [0.15, 0.2) is 97.2 Å². The molecule has 1 rings (SSSR count). The number of aliphatic hydroxyl groups excluding tert-OH is 5. The van der Waals surface area contributed by atoms with Crippen LogP contribution in [0.3, 0.4) is 0 Å². The lowest BCUT2D eigenvalue weighted by Crippen LogP contribution is -2.64. The van der Waals surface area contributed by atoms with Crippen molar-refractivity contribution in [2.45, 2.75) is 198 Å². The second-order valence-electron chi connectivity index (χ2n) is 17.0. The highest BCUT2D eigenvalue weighted by atomic mass is 31.2.